The Balaban J connectivity index is 1.84. The van der Waals surface area contributed by atoms with Gasteiger partial charge in [0.05, 0.1) is 25.9 Å². The van der Waals surface area contributed by atoms with Crippen LogP contribution in [0.15, 0.2) is 42.5 Å². The molecule has 0 aromatic heterocycles. The Morgan fingerprint density at radius 2 is 2.04 bits per heavy atom. The highest BCUT2D eigenvalue weighted by atomic mass is 16.5. The first kappa shape index (κ1) is 16.4. The fourth-order valence-corrected chi connectivity index (χ4v) is 3.44. The zero-order chi connectivity index (χ0) is 16.9. The van der Waals surface area contributed by atoms with Crippen molar-refractivity contribution in [1.29, 1.82) is 5.26 Å². The molecule has 1 fully saturated rings. The standard InChI is InChI=1S/C20H22N2O2/c1-23-17-8-9-18(20(12-17)24-2)19-7-4-10-22(19)14-16-6-3-5-15(11-16)13-21/h3,5-6,8-9,11-12,19H,4,7,10,14H2,1-2H3/t19-/m0/s1. The molecular weight excluding hydrogens is 300 g/mol. The van der Waals surface area contributed by atoms with Crippen molar-refractivity contribution >= 4 is 0 Å². The number of rotatable bonds is 5. The molecule has 124 valence electrons. The Labute approximate surface area is 143 Å². The van der Waals surface area contributed by atoms with Crippen molar-refractivity contribution in [2.75, 3.05) is 20.8 Å². The number of hydrogen-bond donors (Lipinski definition) is 0. The highest BCUT2D eigenvalue weighted by Crippen LogP contribution is 2.39. The molecule has 3 rings (SSSR count). The van der Waals surface area contributed by atoms with Crippen molar-refractivity contribution in [2.45, 2.75) is 25.4 Å². The Kier molecular flexibility index (Phi) is 5.02. The van der Waals surface area contributed by atoms with E-state index in [-0.39, 0.29) is 0 Å². The molecule has 0 aliphatic carbocycles. The average molecular weight is 322 g/mol. The largest absolute Gasteiger partial charge is 0.497 e. The van der Waals surface area contributed by atoms with Crippen LogP contribution in [0.2, 0.25) is 0 Å². The van der Waals surface area contributed by atoms with Gasteiger partial charge < -0.3 is 9.47 Å². The predicted octanol–water partition coefficient (Wildman–Crippen LogP) is 3.91. The van der Waals surface area contributed by atoms with Crippen LogP contribution in [0.25, 0.3) is 0 Å². The summed E-state index contributed by atoms with van der Waals surface area (Å²) in [7, 11) is 3.37. The molecule has 4 nitrogen and oxygen atoms in total. The van der Waals surface area contributed by atoms with Gasteiger partial charge in [0, 0.05) is 24.2 Å². The zero-order valence-corrected chi connectivity index (χ0v) is 14.2. The number of ether oxygens (including phenoxy) is 2. The van der Waals surface area contributed by atoms with E-state index in [0.717, 1.165) is 37.4 Å². The summed E-state index contributed by atoms with van der Waals surface area (Å²) in [4.78, 5) is 2.46. The second-order valence-electron chi connectivity index (χ2n) is 6.05. The minimum atomic E-state index is 0.330. The fraction of sp³-hybridized carbons (Fsp3) is 0.350. The molecule has 2 aromatic rings. The van der Waals surface area contributed by atoms with Crippen molar-refractivity contribution in [3.8, 4) is 17.6 Å². The Hall–Kier alpha value is -2.51. The molecule has 0 spiro atoms. The van der Waals surface area contributed by atoms with Crippen molar-refractivity contribution in [3.05, 3.63) is 59.2 Å². The first-order chi connectivity index (χ1) is 11.7. The van der Waals surface area contributed by atoms with Crippen molar-refractivity contribution < 1.29 is 9.47 Å². The highest BCUT2D eigenvalue weighted by molar-refractivity contribution is 5.43. The monoisotopic (exact) mass is 322 g/mol. The molecule has 0 bridgehead atoms. The molecule has 24 heavy (non-hydrogen) atoms. The van der Waals surface area contributed by atoms with Gasteiger partial charge in [0.2, 0.25) is 0 Å². The fourth-order valence-electron chi connectivity index (χ4n) is 3.44. The third-order valence-corrected chi connectivity index (χ3v) is 4.61. The average Bonchev–Trinajstić information content (AvgIpc) is 3.09. The van der Waals surface area contributed by atoms with E-state index in [2.05, 4.69) is 23.1 Å². The van der Waals surface area contributed by atoms with Crippen LogP contribution in [0.4, 0.5) is 0 Å². The van der Waals surface area contributed by atoms with E-state index >= 15 is 0 Å². The number of nitrogens with zero attached hydrogens (tertiary/aromatic N) is 2. The molecule has 0 unspecified atom stereocenters. The summed E-state index contributed by atoms with van der Waals surface area (Å²) in [6, 6.07) is 16.4. The van der Waals surface area contributed by atoms with Gasteiger partial charge in [-0.15, -0.1) is 0 Å². The van der Waals surface area contributed by atoms with Crippen molar-refractivity contribution in [3.63, 3.8) is 0 Å². The van der Waals surface area contributed by atoms with Gasteiger partial charge in [-0.25, -0.2) is 0 Å². The summed E-state index contributed by atoms with van der Waals surface area (Å²) >= 11 is 0. The number of hydrogen-bond acceptors (Lipinski definition) is 4. The van der Waals surface area contributed by atoms with E-state index in [0.29, 0.717) is 11.6 Å². The predicted molar refractivity (Wildman–Crippen MR) is 93.1 cm³/mol. The third kappa shape index (κ3) is 3.37. The van der Waals surface area contributed by atoms with Crippen LogP contribution in [0.3, 0.4) is 0 Å². The van der Waals surface area contributed by atoms with Crippen LogP contribution in [0.1, 0.15) is 35.6 Å². The minimum absolute atomic E-state index is 0.330. The summed E-state index contributed by atoms with van der Waals surface area (Å²) in [5, 5.41) is 9.08. The molecule has 0 radical (unpaired) electrons. The van der Waals surface area contributed by atoms with Gasteiger partial charge in [-0.1, -0.05) is 18.2 Å². The summed E-state index contributed by atoms with van der Waals surface area (Å²) in [6.45, 7) is 1.89. The van der Waals surface area contributed by atoms with E-state index in [9.17, 15) is 0 Å². The van der Waals surface area contributed by atoms with Crippen LogP contribution in [0, 0.1) is 11.3 Å². The van der Waals surface area contributed by atoms with E-state index in [4.69, 9.17) is 14.7 Å². The second-order valence-corrected chi connectivity index (χ2v) is 6.05. The van der Waals surface area contributed by atoms with Crippen LogP contribution in [0.5, 0.6) is 11.5 Å². The van der Waals surface area contributed by atoms with Crippen molar-refractivity contribution in [2.24, 2.45) is 0 Å². The Morgan fingerprint density at radius 3 is 2.79 bits per heavy atom. The van der Waals surface area contributed by atoms with Crippen LogP contribution < -0.4 is 9.47 Å². The minimum Gasteiger partial charge on any atom is -0.497 e. The molecule has 1 aliphatic heterocycles. The normalized spacial score (nSPS) is 17.5. The van der Waals surface area contributed by atoms with Gasteiger partial charge in [0.15, 0.2) is 0 Å². The maximum absolute atomic E-state index is 9.08. The number of methoxy groups -OCH3 is 2. The lowest BCUT2D eigenvalue weighted by atomic mass is 10.0. The maximum Gasteiger partial charge on any atom is 0.127 e. The summed E-state index contributed by atoms with van der Waals surface area (Å²) in [6.07, 6.45) is 2.28. The molecule has 1 heterocycles. The van der Waals surface area contributed by atoms with E-state index in [1.807, 2.05) is 30.3 Å². The number of benzene rings is 2. The van der Waals surface area contributed by atoms with E-state index in [1.165, 1.54) is 11.1 Å². The van der Waals surface area contributed by atoms with Gasteiger partial charge >= 0.3 is 0 Å². The third-order valence-electron chi connectivity index (χ3n) is 4.61. The first-order valence-corrected chi connectivity index (χ1v) is 8.20. The summed E-state index contributed by atoms with van der Waals surface area (Å²) in [5.41, 5.74) is 3.09. The molecule has 0 saturated carbocycles. The molecule has 4 heteroatoms. The highest BCUT2D eigenvalue weighted by Gasteiger charge is 2.28. The lowest BCUT2D eigenvalue weighted by Crippen LogP contribution is -2.23. The van der Waals surface area contributed by atoms with Gasteiger partial charge in [0.25, 0.3) is 0 Å². The molecular formula is C20H22N2O2. The number of nitriles is 1. The van der Waals surface area contributed by atoms with Crippen LogP contribution in [-0.2, 0) is 6.54 Å². The Morgan fingerprint density at radius 1 is 1.17 bits per heavy atom. The first-order valence-electron chi connectivity index (χ1n) is 8.20. The smallest absolute Gasteiger partial charge is 0.127 e. The SMILES string of the molecule is COc1ccc([C@@H]2CCCN2Cc2cccc(C#N)c2)c(OC)c1. The van der Waals surface area contributed by atoms with Crippen molar-refractivity contribution in [1.82, 2.24) is 4.90 Å². The van der Waals surface area contributed by atoms with Gasteiger partial charge in [-0.05, 0) is 43.1 Å². The van der Waals surface area contributed by atoms with Gasteiger partial charge in [-0.2, -0.15) is 5.26 Å². The summed E-state index contributed by atoms with van der Waals surface area (Å²) in [5.74, 6) is 1.68. The molecule has 1 saturated heterocycles. The topological polar surface area (TPSA) is 45.5 Å². The maximum atomic E-state index is 9.08. The number of likely N-dealkylation sites (tertiary alicyclic amines) is 1. The lowest BCUT2D eigenvalue weighted by molar-refractivity contribution is 0.242. The lowest BCUT2D eigenvalue weighted by Gasteiger charge is -2.26. The quantitative estimate of drug-likeness (QED) is 0.837. The molecule has 0 amide bonds. The molecule has 2 aromatic carbocycles. The van der Waals surface area contributed by atoms with Gasteiger partial charge in [0.1, 0.15) is 11.5 Å². The zero-order valence-electron chi connectivity index (χ0n) is 14.2. The molecule has 0 N–H and O–H groups in total. The molecule has 1 aliphatic rings. The van der Waals surface area contributed by atoms with E-state index < -0.39 is 0 Å². The van der Waals surface area contributed by atoms with Crippen LogP contribution >= 0.6 is 0 Å². The second kappa shape index (κ2) is 7.37. The Bertz CT molecular complexity index is 752. The van der Waals surface area contributed by atoms with Crippen LogP contribution in [-0.4, -0.2) is 25.7 Å². The van der Waals surface area contributed by atoms with Gasteiger partial charge in [-0.3, -0.25) is 4.90 Å². The van der Waals surface area contributed by atoms with E-state index in [1.54, 1.807) is 14.2 Å². The summed E-state index contributed by atoms with van der Waals surface area (Å²) < 4.78 is 10.9. The molecule has 1 atom stereocenters.